The zero-order valence-electron chi connectivity index (χ0n) is 11.4. The van der Waals surface area contributed by atoms with E-state index in [0.717, 1.165) is 6.07 Å². The summed E-state index contributed by atoms with van der Waals surface area (Å²) in [7, 11) is -3.80. The van der Waals surface area contributed by atoms with Crippen molar-refractivity contribution in [2.75, 3.05) is 13.2 Å². The molecule has 0 heterocycles. The average Bonchev–Trinajstić information content (AvgIpc) is 2.37. The maximum atomic E-state index is 12.1. The van der Waals surface area contributed by atoms with Crippen LogP contribution in [-0.4, -0.2) is 31.6 Å². The van der Waals surface area contributed by atoms with Gasteiger partial charge in [0.25, 0.3) is 5.69 Å². The number of aliphatic hydroxyl groups is 1. The Kier molecular flexibility index (Phi) is 5.61. The van der Waals surface area contributed by atoms with Gasteiger partial charge in [-0.3, -0.25) is 10.1 Å². The first-order chi connectivity index (χ1) is 9.27. The molecule has 1 aromatic rings. The molecular formula is C12H18N2O5S. The molecule has 0 saturated heterocycles. The van der Waals surface area contributed by atoms with Gasteiger partial charge in [-0.25, -0.2) is 13.1 Å². The fourth-order valence-corrected chi connectivity index (χ4v) is 3.07. The molecule has 0 amide bonds. The van der Waals surface area contributed by atoms with Gasteiger partial charge in [0.2, 0.25) is 10.0 Å². The van der Waals surface area contributed by atoms with Crippen molar-refractivity contribution in [2.24, 2.45) is 5.92 Å². The van der Waals surface area contributed by atoms with Crippen LogP contribution in [0.25, 0.3) is 0 Å². The molecule has 0 aliphatic rings. The second kappa shape index (κ2) is 6.78. The lowest BCUT2D eigenvalue weighted by molar-refractivity contribution is -0.385. The smallest absolute Gasteiger partial charge is 0.270 e. The lowest BCUT2D eigenvalue weighted by atomic mass is 10.1. The number of aliphatic hydroxyl groups excluding tert-OH is 1. The highest BCUT2D eigenvalue weighted by Crippen LogP contribution is 2.21. The second-order valence-corrected chi connectivity index (χ2v) is 6.41. The number of aryl methyl sites for hydroxylation is 1. The Morgan fingerprint density at radius 1 is 1.45 bits per heavy atom. The molecule has 0 aliphatic carbocycles. The Morgan fingerprint density at radius 2 is 2.10 bits per heavy atom. The quantitative estimate of drug-likeness (QED) is 0.581. The molecule has 2 N–H and O–H groups in total. The molecular weight excluding hydrogens is 284 g/mol. The number of rotatable bonds is 7. The van der Waals surface area contributed by atoms with Gasteiger partial charge in [0.15, 0.2) is 0 Å². The van der Waals surface area contributed by atoms with Crippen molar-refractivity contribution in [3.05, 3.63) is 33.9 Å². The van der Waals surface area contributed by atoms with Crippen molar-refractivity contribution in [1.29, 1.82) is 0 Å². The van der Waals surface area contributed by atoms with Crippen molar-refractivity contribution in [2.45, 2.75) is 25.2 Å². The molecule has 0 aliphatic heterocycles. The summed E-state index contributed by atoms with van der Waals surface area (Å²) >= 11 is 0. The summed E-state index contributed by atoms with van der Waals surface area (Å²) in [6, 6.07) is 3.72. The predicted molar refractivity (Wildman–Crippen MR) is 73.9 cm³/mol. The molecule has 20 heavy (non-hydrogen) atoms. The van der Waals surface area contributed by atoms with Crippen LogP contribution in [0.4, 0.5) is 5.69 Å². The Morgan fingerprint density at radius 3 is 2.65 bits per heavy atom. The summed E-state index contributed by atoms with van der Waals surface area (Å²) in [5.41, 5.74) is 0.178. The maximum Gasteiger partial charge on any atom is 0.270 e. The van der Waals surface area contributed by atoms with Crippen molar-refractivity contribution in [1.82, 2.24) is 4.72 Å². The van der Waals surface area contributed by atoms with E-state index in [1.807, 2.05) is 0 Å². The van der Waals surface area contributed by atoms with E-state index in [2.05, 4.69) is 4.72 Å². The highest BCUT2D eigenvalue weighted by atomic mass is 32.2. The molecule has 0 aromatic heterocycles. The van der Waals surface area contributed by atoms with E-state index in [1.165, 1.54) is 12.1 Å². The largest absolute Gasteiger partial charge is 0.396 e. The van der Waals surface area contributed by atoms with Crippen LogP contribution >= 0.6 is 0 Å². The van der Waals surface area contributed by atoms with Gasteiger partial charge in [-0.2, -0.15) is 0 Å². The first kappa shape index (κ1) is 16.5. The molecule has 1 unspecified atom stereocenters. The lowest BCUT2D eigenvalue weighted by Gasteiger charge is -2.13. The summed E-state index contributed by atoms with van der Waals surface area (Å²) in [5.74, 6) is -0.0196. The predicted octanol–water partition coefficient (Wildman–Crippen LogP) is 1.20. The summed E-state index contributed by atoms with van der Waals surface area (Å²) in [6.45, 7) is 3.54. The topological polar surface area (TPSA) is 110 Å². The minimum absolute atomic E-state index is 0.0151. The molecule has 1 rings (SSSR count). The van der Waals surface area contributed by atoms with E-state index < -0.39 is 14.9 Å². The van der Waals surface area contributed by atoms with E-state index in [-0.39, 0.29) is 29.7 Å². The molecule has 1 atom stereocenters. The summed E-state index contributed by atoms with van der Waals surface area (Å²) in [6.07, 6.45) is 0.483. The molecule has 0 radical (unpaired) electrons. The third-order valence-corrected chi connectivity index (χ3v) is 4.48. The van der Waals surface area contributed by atoms with Crippen molar-refractivity contribution < 1.29 is 18.4 Å². The average molecular weight is 302 g/mol. The van der Waals surface area contributed by atoms with E-state index >= 15 is 0 Å². The number of benzene rings is 1. The molecule has 0 spiro atoms. The van der Waals surface area contributed by atoms with Gasteiger partial charge in [0.1, 0.15) is 0 Å². The number of nitrogens with zero attached hydrogens (tertiary/aromatic N) is 1. The molecule has 0 fully saturated rings. The molecule has 0 saturated carbocycles. The molecule has 112 valence electrons. The Labute approximate surface area is 117 Å². The summed E-state index contributed by atoms with van der Waals surface area (Å²) < 4.78 is 26.7. The van der Waals surface area contributed by atoms with E-state index in [4.69, 9.17) is 5.11 Å². The van der Waals surface area contributed by atoms with Gasteiger partial charge in [-0.05, 0) is 24.8 Å². The van der Waals surface area contributed by atoms with Crippen molar-refractivity contribution in [3.63, 3.8) is 0 Å². The Bertz CT molecular complexity index is 586. The minimum Gasteiger partial charge on any atom is -0.396 e. The summed E-state index contributed by atoms with van der Waals surface area (Å²) in [5, 5.41) is 19.5. The van der Waals surface area contributed by atoms with Crippen LogP contribution in [0.3, 0.4) is 0 Å². The van der Waals surface area contributed by atoms with Gasteiger partial charge >= 0.3 is 0 Å². The molecule has 7 nitrogen and oxygen atoms in total. The number of hydrogen-bond acceptors (Lipinski definition) is 5. The van der Waals surface area contributed by atoms with Gasteiger partial charge in [-0.15, -0.1) is 0 Å². The number of sulfonamides is 1. The first-order valence-electron chi connectivity index (χ1n) is 6.13. The monoisotopic (exact) mass is 302 g/mol. The zero-order valence-corrected chi connectivity index (χ0v) is 12.2. The van der Waals surface area contributed by atoms with Crippen LogP contribution in [0.15, 0.2) is 23.1 Å². The molecule has 8 heteroatoms. The number of nitro benzene ring substituents is 1. The third kappa shape index (κ3) is 4.26. The highest BCUT2D eigenvalue weighted by Gasteiger charge is 2.20. The lowest BCUT2D eigenvalue weighted by Crippen LogP contribution is -2.29. The minimum atomic E-state index is -3.80. The van der Waals surface area contributed by atoms with Gasteiger partial charge in [0.05, 0.1) is 9.82 Å². The van der Waals surface area contributed by atoms with Crippen molar-refractivity contribution in [3.8, 4) is 0 Å². The van der Waals surface area contributed by atoms with Crippen molar-refractivity contribution >= 4 is 15.7 Å². The fourth-order valence-electron chi connectivity index (χ4n) is 1.64. The SMILES string of the molecule is Cc1ccc([N+](=O)[O-])cc1S(=O)(=O)NCC(C)CCO. The Hall–Kier alpha value is -1.51. The first-order valence-corrected chi connectivity index (χ1v) is 7.62. The van der Waals surface area contributed by atoms with Crippen LogP contribution in [0.2, 0.25) is 0 Å². The van der Waals surface area contributed by atoms with Crippen LogP contribution in [0.5, 0.6) is 0 Å². The number of nitrogens with one attached hydrogen (secondary N) is 1. The second-order valence-electron chi connectivity index (χ2n) is 4.68. The highest BCUT2D eigenvalue weighted by molar-refractivity contribution is 7.89. The van der Waals surface area contributed by atoms with E-state index in [9.17, 15) is 18.5 Å². The standard InChI is InChI=1S/C12H18N2O5S/c1-9(5-6-15)8-13-20(18,19)12-7-11(14(16)17)4-3-10(12)2/h3-4,7,9,13,15H,5-6,8H2,1-2H3. The van der Waals surface area contributed by atoms with Crippen LogP contribution in [0.1, 0.15) is 18.9 Å². The fraction of sp³-hybridized carbons (Fsp3) is 0.500. The van der Waals surface area contributed by atoms with Gasteiger partial charge in [-0.1, -0.05) is 13.0 Å². The van der Waals surface area contributed by atoms with Gasteiger partial charge in [0, 0.05) is 25.3 Å². The zero-order chi connectivity index (χ0) is 15.3. The summed E-state index contributed by atoms with van der Waals surface area (Å²) in [4.78, 5) is 9.98. The van der Waals surface area contributed by atoms with Gasteiger partial charge < -0.3 is 5.11 Å². The third-order valence-electron chi connectivity index (χ3n) is 2.92. The number of nitro groups is 1. The van der Waals surface area contributed by atoms with Crippen LogP contribution < -0.4 is 4.72 Å². The van der Waals surface area contributed by atoms with Crippen LogP contribution in [0, 0.1) is 23.0 Å². The normalized spacial score (nSPS) is 13.2. The van der Waals surface area contributed by atoms with E-state index in [1.54, 1.807) is 13.8 Å². The maximum absolute atomic E-state index is 12.1. The number of hydrogen-bond donors (Lipinski definition) is 2. The molecule has 0 bridgehead atoms. The van der Waals surface area contributed by atoms with E-state index in [0.29, 0.717) is 12.0 Å². The Balaban J connectivity index is 2.97. The number of non-ortho nitro benzene ring substituents is 1. The van der Waals surface area contributed by atoms with Crippen LogP contribution in [-0.2, 0) is 10.0 Å². The molecule has 1 aromatic carbocycles.